The minimum absolute atomic E-state index is 0.151. The molecule has 0 aliphatic carbocycles. The van der Waals surface area contributed by atoms with Gasteiger partial charge in [-0.05, 0) is 44.0 Å². The molecule has 0 fully saturated rings. The summed E-state index contributed by atoms with van der Waals surface area (Å²) in [6, 6.07) is 7.62. The Kier molecular flexibility index (Phi) is 10.3. The molecule has 0 aliphatic heterocycles. The minimum atomic E-state index is -0.151. The van der Waals surface area contributed by atoms with Crippen LogP contribution in [0.25, 0.3) is 10.6 Å². The van der Waals surface area contributed by atoms with Gasteiger partial charge >= 0.3 is 0 Å². The zero-order valence-electron chi connectivity index (χ0n) is 20.1. The van der Waals surface area contributed by atoms with Gasteiger partial charge in [-0.3, -0.25) is 10.1 Å². The fraction of sp³-hybridized carbons (Fsp3) is 0.522. The van der Waals surface area contributed by atoms with E-state index >= 15 is 0 Å². The Morgan fingerprint density at radius 2 is 1.91 bits per heavy atom. The standard InChI is InChI=1S/C23H32N6O3S2/c1-5-12-29-20(16(4)6-2)25-28-23(29)33-15-19(30)24-22-27-26-21(34-22)17-8-10-18(11-9-17)32-14-13-31-7-3/h8-11,16H,5-7,12-15H2,1-4H3,(H,24,27,30). The average Bonchev–Trinajstić information content (AvgIpc) is 3.48. The predicted molar refractivity (Wildman–Crippen MR) is 136 cm³/mol. The molecule has 2 aromatic heterocycles. The van der Waals surface area contributed by atoms with E-state index in [1.165, 1.54) is 23.1 Å². The van der Waals surface area contributed by atoms with Crippen molar-refractivity contribution in [2.75, 3.05) is 30.9 Å². The quantitative estimate of drug-likeness (QED) is 0.245. The van der Waals surface area contributed by atoms with Crippen molar-refractivity contribution in [2.24, 2.45) is 0 Å². The highest BCUT2D eigenvalue weighted by atomic mass is 32.2. The third kappa shape index (κ3) is 7.25. The molecule has 1 unspecified atom stereocenters. The van der Waals surface area contributed by atoms with Crippen molar-refractivity contribution >= 4 is 34.1 Å². The number of hydrogen-bond acceptors (Lipinski definition) is 9. The largest absolute Gasteiger partial charge is 0.491 e. The van der Waals surface area contributed by atoms with Gasteiger partial charge in [0.15, 0.2) is 5.16 Å². The topological polar surface area (TPSA) is 104 Å². The summed E-state index contributed by atoms with van der Waals surface area (Å²) >= 11 is 2.72. The molecule has 1 atom stereocenters. The molecular formula is C23H32N6O3S2. The van der Waals surface area contributed by atoms with Crippen molar-refractivity contribution < 1.29 is 14.3 Å². The predicted octanol–water partition coefficient (Wildman–Crippen LogP) is 4.87. The second-order valence-electron chi connectivity index (χ2n) is 7.62. The molecule has 3 aromatic rings. The lowest BCUT2D eigenvalue weighted by Crippen LogP contribution is -2.15. The van der Waals surface area contributed by atoms with E-state index in [2.05, 4.69) is 51.0 Å². The maximum atomic E-state index is 12.5. The van der Waals surface area contributed by atoms with E-state index in [9.17, 15) is 4.79 Å². The number of benzene rings is 1. The van der Waals surface area contributed by atoms with Gasteiger partial charge in [-0.25, -0.2) is 0 Å². The Balaban J connectivity index is 1.53. The summed E-state index contributed by atoms with van der Waals surface area (Å²) < 4.78 is 13.0. The van der Waals surface area contributed by atoms with Crippen LogP contribution < -0.4 is 10.1 Å². The van der Waals surface area contributed by atoms with Crippen molar-refractivity contribution in [3.05, 3.63) is 30.1 Å². The van der Waals surface area contributed by atoms with Crippen molar-refractivity contribution in [3.8, 4) is 16.3 Å². The first kappa shape index (κ1) is 26.1. The number of ether oxygens (including phenoxy) is 2. The molecule has 1 amide bonds. The van der Waals surface area contributed by atoms with Crippen LogP contribution in [0.3, 0.4) is 0 Å². The van der Waals surface area contributed by atoms with Crippen LogP contribution in [0.1, 0.15) is 52.3 Å². The lowest BCUT2D eigenvalue weighted by atomic mass is 10.1. The van der Waals surface area contributed by atoms with Crippen LogP contribution in [-0.2, 0) is 16.1 Å². The number of nitrogens with zero attached hydrogens (tertiary/aromatic N) is 5. The van der Waals surface area contributed by atoms with Crippen LogP contribution in [0.5, 0.6) is 5.75 Å². The molecular weight excluding hydrogens is 472 g/mol. The summed E-state index contributed by atoms with van der Waals surface area (Å²) in [6.45, 7) is 10.9. The maximum Gasteiger partial charge on any atom is 0.236 e. The summed E-state index contributed by atoms with van der Waals surface area (Å²) in [7, 11) is 0. The lowest BCUT2D eigenvalue weighted by molar-refractivity contribution is -0.113. The number of carbonyl (C=O) groups is 1. The van der Waals surface area contributed by atoms with Crippen LogP contribution in [0, 0.1) is 0 Å². The van der Waals surface area contributed by atoms with Crippen LogP contribution in [-0.4, -0.2) is 56.4 Å². The molecule has 0 spiro atoms. The molecule has 0 bridgehead atoms. The Bertz CT molecular complexity index is 1040. The Morgan fingerprint density at radius 1 is 1.12 bits per heavy atom. The van der Waals surface area contributed by atoms with Gasteiger partial charge in [0.25, 0.3) is 0 Å². The number of nitrogens with one attached hydrogen (secondary N) is 1. The fourth-order valence-electron chi connectivity index (χ4n) is 3.12. The number of carbonyl (C=O) groups excluding carboxylic acids is 1. The van der Waals surface area contributed by atoms with E-state index in [0.29, 0.717) is 30.9 Å². The van der Waals surface area contributed by atoms with E-state index in [4.69, 9.17) is 9.47 Å². The zero-order valence-corrected chi connectivity index (χ0v) is 21.7. The van der Waals surface area contributed by atoms with Crippen LogP contribution in [0.2, 0.25) is 0 Å². The molecule has 0 aliphatic rings. The molecule has 0 saturated heterocycles. The minimum Gasteiger partial charge on any atom is -0.491 e. The third-order valence-corrected chi connectivity index (χ3v) is 6.91. The molecule has 1 aromatic carbocycles. The van der Waals surface area contributed by atoms with Gasteiger partial charge in [-0.2, -0.15) is 0 Å². The fourth-order valence-corrected chi connectivity index (χ4v) is 4.66. The lowest BCUT2D eigenvalue weighted by Gasteiger charge is -2.12. The maximum absolute atomic E-state index is 12.5. The summed E-state index contributed by atoms with van der Waals surface area (Å²) in [5.41, 5.74) is 0.912. The van der Waals surface area contributed by atoms with E-state index in [1.54, 1.807) is 0 Å². The first-order valence-electron chi connectivity index (χ1n) is 11.6. The van der Waals surface area contributed by atoms with Gasteiger partial charge in [-0.15, -0.1) is 20.4 Å². The van der Waals surface area contributed by atoms with Gasteiger partial charge < -0.3 is 14.0 Å². The third-order valence-electron chi connectivity index (χ3n) is 5.05. The molecule has 2 heterocycles. The molecule has 3 rings (SSSR count). The smallest absolute Gasteiger partial charge is 0.236 e. The van der Waals surface area contributed by atoms with E-state index < -0.39 is 0 Å². The number of thioether (sulfide) groups is 1. The highest BCUT2D eigenvalue weighted by Gasteiger charge is 2.18. The molecule has 34 heavy (non-hydrogen) atoms. The van der Waals surface area contributed by atoms with Gasteiger partial charge in [0.2, 0.25) is 11.0 Å². The molecule has 11 heteroatoms. The van der Waals surface area contributed by atoms with E-state index in [-0.39, 0.29) is 11.7 Å². The summed E-state index contributed by atoms with van der Waals surface area (Å²) in [5, 5.41) is 21.8. The highest BCUT2D eigenvalue weighted by molar-refractivity contribution is 7.99. The van der Waals surface area contributed by atoms with E-state index in [0.717, 1.165) is 46.7 Å². The monoisotopic (exact) mass is 504 g/mol. The number of hydrogen-bond donors (Lipinski definition) is 1. The Hall–Kier alpha value is -2.50. The number of anilines is 1. The van der Waals surface area contributed by atoms with Crippen LogP contribution in [0.15, 0.2) is 29.4 Å². The summed E-state index contributed by atoms with van der Waals surface area (Å²) in [5.74, 6) is 2.16. The molecule has 0 saturated carbocycles. The van der Waals surface area contributed by atoms with Gasteiger partial charge in [0.1, 0.15) is 23.2 Å². The normalized spacial score (nSPS) is 12.0. The van der Waals surface area contributed by atoms with E-state index in [1.807, 2.05) is 31.2 Å². The van der Waals surface area contributed by atoms with Gasteiger partial charge in [0, 0.05) is 24.6 Å². The number of rotatable bonds is 14. The second-order valence-corrected chi connectivity index (χ2v) is 9.54. The number of amides is 1. The molecule has 0 radical (unpaired) electrons. The van der Waals surface area contributed by atoms with Gasteiger partial charge in [0.05, 0.1) is 12.4 Å². The molecule has 184 valence electrons. The first-order chi connectivity index (χ1) is 16.5. The highest BCUT2D eigenvalue weighted by Crippen LogP contribution is 2.28. The van der Waals surface area contributed by atoms with Crippen molar-refractivity contribution in [1.82, 2.24) is 25.0 Å². The van der Waals surface area contributed by atoms with Crippen LogP contribution in [0.4, 0.5) is 5.13 Å². The molecule has 1 N–H and O–H groups in total. The Labute approximate surface area is 208 Å². The second kappa shape index (κ2) is 13.4. The summed E-state index contributed by atoms with van der Waals surface area (Å²) in [4.78, 5) is 12.5. The van der Waals surface area contributed by atoms with Crippen molar-refractivity contribution in [2.45, 2.75) is 58.2 Å². The number of aromatic nitrogens is 5. The average molecular weight is 505 g/mol. The SMILES string of the molecule is CCCn1c(SCC(=O)Nc2nnc(-c3ccc(OCCOCC)cc3)s2)nnc1C(C)CC. The Morgan fingerprint density at radius 3 is 2.62 bits per heavy atom. The summed E-state index contributed by atoms with van der Waals surface area (Å²) in [6.07, 6.45) is 1.98. The zero-order chi connectivity index (χ0) is 24.3. The van der Waals surface area contributed by atoms with Crippen molar-refractivity contribution in [3.63, 3.8) is 0 Å². The molecule has 9 nitrogen and oxygen atoms in total. The first-order valence-corrected chi connectivity index (χ1v) is 13.4. The van der Waals surface area contributed by atoms with Gasteiger partial charge in [-0.1, -0.05) is 43.9 Å². The van der Waals surface area contributed by atoms with Crippen molar-refractivity contribution in [1.29, 1.82) is 0 Å². The van der Waals surface area contributed by atoms with Crippen LogP contribution >= 0.6 is 23.1 Å².